The highest BCUT2D eigenvalue weighted by Crippen LogP contribution is 2.49. The first-order valence-electron chi connectivity index (χ1n) is 8.81. The summed E-state index contributed by atoms with van der Waals surface area (Å²) in [6.07, 6.45) is 5.37. The SMILES string of the molecule is CCOc1ccccc1OCC(=O)N[C@H](C)[C@H]1C[C@H]2CC[C@H]1C2. The van der Waals surface area contributed by atoms with Gasteiger partial charge in [-0.2, -0.15) is 0 Å². The fraction of sp³-hybridized carbons (Fsp3) is 0.632. The number of hydrogen-bond donors (Lipinski definition) is 1. The second kappa shape index (κ2) is 7.24. The minimum Gasteiger partial charge on any atom is -0.490 e. The molecule has 0 spiro atoms. The summed E-state index contributed by atoms with van der Waals surface area (Å²) in [5.41, 5.74) is 0. The van der Waals surface area contributed by atoms with Crippen molar-refractivity contribution in [3.63, 3.8) is 0 Å². The lowest BCUT2D eigenvalue weighted by Crippen LogP contribution is -2.42. The quantitative estimate of drug-likeness (QED) is 0.838. The molecule has 0 unspecified atom stereocenters. The van der Waals surface area contributed by atoms with Crippen molar-refractivity contribution in [2.45, 2.75) is 45.6 Å². The molecule has 1 aromatic carbocycles. The van der Waals surface area contributed by atoms with Crippen LogP contribution in [0.3, 0.4) is 0 Å². The number of fused-ring (bicyclic) bond motifs is 2. The number of carbonyl (C=O) groups excluding carboxylic acids is 1. The summed E-state index contributed by atoms with van der Waals surface area (Å²) in [4.78, 5) is 12.2. The summed E-state index contributed by atoms with van der Waals surface area (Å²) in [6.45, 7) is 4.68. The van der Waals surface area contributed by atoms with Crippen LogP contribution in [0.1, 0.15) is 39.5 Å². The molecule has 4 heteroatoms. The van der Waals surface area contributed by atoms with Crippen LogP contribution < -0.4 is 14.8 Å². The Hall–Kier alpha value is -1.71. The van der Waals surface area contributed by atoms with Crippen LogP contribution in [0, 0.1) is 17.8 Å². The third kappa shape index (κ3) is 3.80. The lowest BCUT2D eigenvalue weighted by molar-refractivity contribution is -0.124. The van der Waals surface area contributed by atoms with Gasteiger partial charge in [0.25, 0.3) is 5.91 Å². The number of rotatable bonds is 7. The van der Waals surface area contributed by atoms with E-state index in [4.69, 9.17) is 9.47 Å². The Morgan fingerprint density at radius 1 is 1.22 bits per heavy atom. The Morgan fingerprint density at radius 3 is 2.57 bits per heavy atom. The topological polar surface area (TPSA) is 47.6 Å². The maximum Gasteiger partial charge on any atom is 0.258 e. The monoisotopic (exact) mass is 317 g/mol. The van der Waals surface area contributed by atoms with Crippen molar-refractivity contribution in [1.29, 1.82) is 0 Å². The van der Waals surface area contributed by atoms with E-state index in [1.807, 2.05) is 31.2 Å². The van der Waals surface area contributed by atoms with Gasteiger partial charge in [-0.1, -0.05) is 18.6 Å². The van der Waals surface area contributed by atoms with Gasteiger partial charge < -0.3 is 14.8 Å². The van der Waals surface area contributed by atoms with Gasteiger partial charge in [-0.25, -0.2) is 0 Å². The highest BCUT2D eigenvalue weighted by molar-refractivity contribution is 5.77. The van der Waals surface area contributed by atoms with Crippen LogP contribution in [-0.4, -0.2) is 25.2 Å². The third-order valence-corrected chi connectivity index (χ3v) is 5.33. The number of nitrogens with one attached hydrogen (secondary N) is 1. The molecule has 0 aromatic heterocycles. The molecule has 3 rings (SSSR count). The fourth-order valence-electron chi connectivity index (χ4n) is 4.30. The summed E-state index contributed by atoms with van der Waals surface area (Å²) in [7, 11) is 0. The predicted octanol–water partition coefficient (Wildman–Crippen LogP) is 3.41. The maximum absolute atomic E-state index is 12.2. The highest BCUT2D eigenvalue weighted by atomic mass is 16.5. The fourth-order valence-corrected chi connectivity index (χ4v) is 4.30. The second-order valence-electron chi connectivity index (χ2n) is 6.86. The van der Waals surface area contributed by atoms with Crippen molar-refractivity contribution in [2.24, 2.45) is 17.8 Å². The molecule has 2 saturated carbocycles. The van der Waals surface area contributed by atoms with Crippen molar-refractivity contribution in [2.75, 3.05) is 13.2 Å². The zero-order chi connectivity index (χ0) is 16.2. The standard InChI is InChI=1S/C19H27NO3/c1-3-22-17-6-4-5-7-18(17)23-12-19(21)20-13(2)16-11-14-8-9-15(16)10-14/h4-7,13-16H,3,8-12H2,1-2H3,(H,20,21)/t13-,14+,15+,16-/m1/s1. The first-order valence-corrected chi connectivity index (χ1v) is 8.81. The molecule has 4 atom stereocenters. The zero-order valence-electron chi connectivity index (χ0n) is 14.1. The third-order valence-electron chi connectivity index (χ3n) is 5.33. The molecule has 126 valence electrons. The molecule has 1 N–H and O–H groups in total. The van der Waals surface area contributed by atoms with Crippen LogP contribution in [0.2, 0.25) is 0 Å². The van der Waals surface area contributed by atoms with Crippen molar-refractivity contribution >= 4 is 5.91 Å². The van der Waals surface area contributed by atoms with E-state index in [-0.39, 0.29) is 18.6 Å². The van der Waals surface area contributed by atoms with E-state index in [2.05, 4.69) is 12.2 Å². The molecule has 2 bridgehead atoms. The second-order valence-corrected chi connectivity index (χ2v) is 6.86. The Bertz CT molecular complexity index is 545. The molecular weight excluding hydrogens is 290 g/mol. The number of carbonyl (C=O) groups is 1. The van der Waals surface area contributed by atoms with Gasteiger partial charge in [0.2, 0.25) is 0 Å². The summed E-state index contributed by atoms with van der Waals surface area (Å²) in [5, 5.41) is 3.12. The van der Waals surface area contributed by atoms with Gasteiger partial charge in [-0.3, -0.25) is 4.79 Å². The van der Waals surface area contributed by atoms with Crippen LogP contribution in [-0.2, 0) is 4.79 Å². The van der Waals surface area contributed by atoms with Gasteiger partial charge in [0.15, 0.2) is 18.1 Å². The Labute approximate surface area is 138 Å². The Morgan fingerprint density at radius 2 is 1.96 bits per heavy atom. The summed E-state index contributed by atoms with van der Waals surface area (Å²) < 4.78 is 11.1. The highest BCUT2D eigenvalue weighted by Gasteiger charge is 2.42. The molecule has 1 aromatic rings. The normalized spacial score (nSPS) is 26.8. The Balaban J connectivity index is 1.48. The Kier molecular flexibility index (Phi) is 5.09. The van der Waals surface area contributed by atoms with Gasteiger partial charge in [-0.05, 0) is 63.0 Å². The maximum atomic E-state index is 12.2. The van der Waals surface area contributed by atoms with E-state index in [9.17, 15) is 4.79 Å². The smallest absolute Gasteiger partial charge is 0.258 e. The first-order chi connectivity index (χ1) is 11.2. The van der Waals surface area contributed by atoms with Gasteiger partial charge in [0.1, 0.15) is 0 Å². The number of benzene rings is 1. The zero-order valence-corrected chi connectivity index (χ0v) is 14.1. The summed E-state index contributed by atoms with van der Waals surface area (Å²) >= 11 is 0. The van der Waals surface area contributed by atoms with Gasteiger partial charge in [0.05, 0.1) is 6.61 Å². The summed E-state index contributed by atoms with van der Waals surface area (Å²) in [6, 6.07) is 7.71. The predicted molar refractivity (Wildman–Crippen MR) is 89.6 cm³/mol. The van der Waals surface area contributed by atoms with Crippen LogP contribution in [0.15, 0.2) is 24.3 Å². The minimum absolute atomic E-state index is 0.0369. The van der Waals surface area contributed by atoms with Crippen LogP contribution in [0.25, 0.3) is 0 Å². The molecule has 1 amide bonds. The minimum atomic E-state index is -0.0495. The van der Waals surface area contributed by atoms with E-state index in [0.717, 1.165) is 11.8 Å². The molecule has 0 radical (unpaired) electrons. The van der Waals surface area contributed by atoms with Crippen molar-refractivity contribution in [3.8, 4) is 11.5 Å². The molecule has 4 nitrogen and oxygen atoms in total. The number of ether oxygens (including phenoxy) is 2. The molecule has 0 aliphatic heterocycles. The van der Waals surface area contributed by atoms with E-state index < -0.39 is 0 Å². The van der Waals surface area contributed by atoms with Crippen molar-refractivity contribution in [3.05, 3.63) is 24.3 Å². The average Bonchev–Trinajstić information content (AvgIpc) is 3.17. The first kappa shape index (κ1) is 16.2. The van der Waals surface area contributed by atoms with Gasteiger partial charge in [0, 0.05) is 6.04 Å². The van der Waals surface area contributed by atoms with Gasteiger partial charge in [-0.15, -0.1) is 0 Å². The lowest BCUT2D eigenvalue weighted by atomic mass is 9.84. The molecule has 2 fully saturated rings. The van der Waals surface area contributed by atoms with Crippen molar-refractivity contribution < 1.29 is 14.3 Å². The molecular formula is C19H27NO3. The number of hydrogen-bond acceptors (Lipinski definition) is 3. The van der Waals surface area contributed by atoms with E-state index in [0.29, 0.717) is 24.0 Å². The van der Waals surface area contributed by atoms with Crippen LogP contribution in [0.4, 0.5) is 0 Å². The average molecular weight is 317 g/mol. The van der Waals surface area contributed by atoms with E-state index >= 15 is 0 Å². The van der Waals surface area contributed by atoms with E-state index in [1.54, 1.807) is 0 Å². The number of amides is 1. The molecule has 0 saturated heterocycles. The lowest BCUT2D eigenvalue weighted by Gasteiger charge is -2.28. The van der Waals surface area contributed by atoms with Crippen molar-refractivity contribution in [1.82, 2.24) is 5.32 Å². The number of para-hydroxylation sites is 2. The van der Waals surface area contributed by atoms with E-state index in [1.165, 1.54) is 25.7 Å². The van der Waals surface area contributed by atoms with Gasteiger partial charge >= 0.3 is 0 Å². The largest absolute Gasteiger partial charge is 0.490 e. The summed E-state index contributed by atoms with van der Waals surface area (Å²) in [5.74, 6) is 3.62. The van der Waals surface area contributed by atoms with Crippen LogP contribution >= 0.6 is 0 Å². The molecule has 0 heterocycles. The van der Waals surface area contributed by atoms with Crippen LogP contribution in [0.5, 0.6) is 11.5 Å². The molecule has 2 aliphatic carbocycles. The molecule has 23 heavy (non-hydrogen) atoms. The molecule has 2 aliphatic rings.